The first-order chi connectivity index (χ1) is 8.47. The fourth-order valence-electron chi connectivity index (χ4n) is 3.50. The Kier molecular flexibility index (Phi) is 4.28. The summed E-state index contributed by atoms with van der Waals surface area (Å²) in [5.41, 5.74) is 6.02. The molecule has 0 aromatic heterocycles. The molecule has 0 spiro atoms. The van der Waals surface area contributed by atoms with Crippen LogP contribution in [0.1, 0.15) is 39.5 Å². The van der Waals surface area contributed by atoms with Gasteiger partial charge in [-0.3, -0.25) is 4.79 Å². The van der Waals surface area contributed by atoms with E-state index in [1.165, 1.54) is 0 Å². The van der Waals surface area contributed by atoms with Crippen LogP contribution in [0.15, 0.2) is 0 Å². The van der Waals surface area contributed by atoms with Crippen molar-refractivity contribution in [3.63, 3.8) is 0 Å². The van der Waals surface area contributed by atoms with E-state index in [2.05, 4.69) is 6.92 Å². The minimum absolute atomic E-state index is 0.108. The van der Waals surface area contributed by atoms with E-state index in [1.54, 1.807) is 0 Å². The minimum atomic E-state index is -0.310. The SMILES string of the molecule is CC1CC(N)CC(C(=O)N2CCC(C(C)O)C2)C1. The number of aliphatic hydroxyl groups excluding tert-OH is 1. The number of likely N-dealkylation sites (tertiary alicyclic amines) is 1. The molecule has 1 heterocycles. The quantitative estimate of drug-likeness (QED) is 0.772. The van der Waals surface area contributed by atoms with E-state index in [-0.39, 0.29) is 29.9 Å². The van der Waals surface area contributed by atoms with Gasteiger partial charge < -0.3 is 15.7 Å². The summed E-state index contributed by atoms with van der Waals surface area (Å²) in [7, 11) is 0. The van der Waals surface area contributed by atoms with E-state index in [0.29, 0.717) is 5.92 Å². The maximum Gasteiger partial charge on any atom is 0.225 e. The van der Waals surface area contributed by atoms with Gasteiger partial charge in [-0.25, -0.2) is 0 Å². The average Bonchev–Trinajstić information content (AvgIpc) is 2.75. The highest BCUT2D eigenvalue weighted by molar-refractivity contribution is 5.79. The lowest BCUT2D eigenvalue weighted by Crippen LogP contribution is -2.41. The van der Waals surface area contributed by atoms with Gasteiger partial charge in [0.15, 0.2) is 0 Å². The highest BCUT2D eigenvalue weighted by Crippen LogP contribution is 2.31. The van der Waals surface area contributed by atoms with Gasteiger partial charge in [-0.15, -0.1) is 0 Å². The Morgan fingerprint density at radius 2 is 2.11 bits per heavy atom. The number of aliphatic hydroxyl groups is 1. The van der Waals surface area contributed by atoms with Crippen LogP contribution in [0.4, 0.5) is 0 Å². The van der Waals surface area contributed by atoms with E-state index in [9.17, 15) is 9.90 Å². The summed E-state index contributed by atoms with van der Waals surface area (Å²) in [6, 6.07) is 0.179. The van der Waals surface area contributed by atoms with Crippen molar-refractivity contribution in [1.82, 2.24) is 4.90 Å². The first-order valence-corrected chi connectivity index (χ1v) is 7.19. The number of carbonyl (C=O) groups is 1. The summed E-state index contributed by atoms with van der Waals surface area (Å²) in [4.78, 5) is 14.4. The van der Waals surface area contributed by atoms with Crippen LogP contribution in [0.25, 0.3) is 0 Å². The van der Waals surface area contributed by atoms with Gasteiger partial charge in [-0.05, 0) is 38.5 Å². The molecule has 0 aromatic rings. The van der Waals surface area contributed by atoms with Crippen molar-refractivity contribution >= 4 is 5.91 Å². The Balaban J connectivity index is 1.91. The predicted octanol–water partition coefficient (Wildman–Crippen LogP) is 0.979. The maximum absolute atomic E-state index is 12.4. The van der Waals surface area contributed by atoms with Crippen molar-refractivity contribution in [2.24, 2.45) is 23.5 Å². The van der Waals surface area contributed by atoms with Crippen molar-refractivity contribution in [3.05, 3.63) is 0 Å². The second kappa shape index (κ2) is 5.57. The van der Waals surface area contributed by atoms with Gasteiger partial charge in [0.25, 0.3) is 0 Å². The van der Waals surface area contributed by atoms with Crippen molar-refractivity contribution in [2.75, 3.05) is 13.1 Å². The molecule has 1 aliphatic heterocycles. The topological polar surface area (TPSA) is 66.6 Å². The van der Waals surface area contributed by atoms with Crippen molar-refractivity contribution in [1.29, 1.82) is 0 Å². The lowest BCUT2D eigenvalue weighted by atomic mass is 9.79. The molecule has 4 heteroatoms. The summed E-state index contributed by atoms with van der Waals surface area (Å²) in [5, 5.41) is 9.59. The number of carbonyl (C=O) groups excluding carboxylic acids is 1. The fourth-order valence-corrected chi connectivity index (χ4v) is 3.50. The Hall–Kier alpha value is -0.610. The number of amides is 1. The zero-order chi connectivity index (χ0) is 13.3. The molecular formula is C14H26N2O2. The molecule has 1 saturated carbocycles. The second-order valence-electron chi connectivity index (χ2n) is 6.34. The van der Waals surface area contributed by atoms with Gasteiger partial charge in [0.2, 0.25) is 5.91 Å². The monoisotopic (exact) mass is 254 g/mol. The van der Waals surface area contributed by atoms with Crippen LogP contribution < -0.4 is 5.73 Å². The smallest absolute Gasteiger partial charge is 0.225 e. The lowest BCUT2D eigenvalue weighted by Gasteiger charge is -2.33. The molecule has 0 radical (unpaired) electrons. The highest BCUT2D eigenvalue weighted by Gasteiger charge is 2.35. The van der Waals surface area contributed by atoms with Crippen molar-refractivity contribution in [3.8, 4) is 0 Å². The number of hydrogen-bond donors (Lipinski definition) is 2. The largest absolute Gasteiger partial charge is 0.393 e. The third-order valence-corrected chi connectivity index (χ3v) is 4.55. The van der Waals surface area contributed by atoms with Crippen LogP contribution in [0.3, 0.4) is 0 Å². The molecule has 4 nitrogen and oxygen atoms in total. The zero-order valence-corrected chi connectivity index (χ0v) is 11.5. The van der Waals surface area contributed by atoms with Crippen LogP contribution in [0.5, 0.6) is 0 Å². The standard InChI is InChI=1S/C14H26N2O2/c1-9-5-12(7-13(15)6-9)14(18)16-4-3-11(8-16)10(2)17/h9-13,17H,3-8,15H2,1-2H3. The first kappa shape index (κ1) is 13.8. The van der Waals surface area contributed by atoms with Crippen LogP contribution >= 0.6 is 0 Å². The molecule has 1 aliphatic carbocycles. The summed E-state index contributed by atoms with van der Waals surface area (Å²) < 4.78 is 0. The predicted molar refractivity (Wildman–Crippen MR) is 70.8 cm³/mol. The van der Waals surface area contributed by atoms with E-state index in [0.717, 1.165) is 38.8 Å². The van der Waals surface area contributed by atoms with Gasteiger partial charge >= 0.3 is 0 Å². The molecule has 5 unspecified atom stereocenters. The molecule has 0 bridgehead atoms. The third-order valence-electron chi connectivity index (χ3n) is 4.55. The molecule has 2 aliphatic rings. The van der Waals surface area contributed by atoms with E-state index in [1.807, 2.05) is 11.8 Å². The second-order valence-corrected chi connectivity index (χ2v) is 6.34. The molecule has 18 heavy (non-hydrogen) atoms. The minimum Gasteiger partial charge on any atom is -0.393 e. The van der Waals surface area contributed by atoms with Gasteiger partial charge in [0, 0.05) is 31.0 Å². The van der Waals surface area contributed by atoms with Crippen molar-refractivity contribution in [2.45, 2.75) is 51.7 Å². The lowest BCUT2D eigenvalue weighted by molar-refractivity contribution is -0.136. The zero-order valence-electron chi connectivity index (χ0n) is 11.5. The third kappa shape index (κ3) is 3.04. The van der Waals surface area contributed by atoms with E-state index >= 15 is 0 Å². The Bertz CT molecular complexity index is 296. The number of nitrogens with zero attached hydrogens (tertiary/aromatic N) is 1. The summed E-state index contributed by atoms with van der Waals surface area (Å²) in [6.07, 6.45) is 3.47. The van der Waals surface area contributed by atoms with Gasteiger partial charge in [-0.1, -0.05) is 6.92 Å². The summed E-state index contributed by atoms with van der Waals surface area (Å²) >= 11 is 0. The van der Waals surface area contributed by atoms with Crippen LogP contribution in [0, 0.1) is 17.8 Å². The molecule has 2 rings (SSSR count). The molecular weight excluding hydrogens is 228 g/mol. The average molecular weight is 254 g/mol. The van der Waals surface area contributed by atoms with Gasteiger partial charge in [0.05, 0.1) is 6.10 Å². The summed E-state index contributed by atoms with van der Waals surface area (Å²) in [5.74, 6) is 1.18. The van der Waals surface area contributed by atoms with Crippen LogP contribution in [-0.4, -0.2) is 41.1 Å². The van der Waals surface area contributed by atoms with Crippen LogP contribution in [0.2, 0.25) is 0 Å². The number of hydrogen-bond acceptors (Lipinski definition) is 3. The van der Waals surface area contributed by atoms with Crippen LogP contribution in [-0.2, 0) is 4.79 Å². The summed E-state index contributed by atoms with van der Waals surface area (Å²) in [6.45, 7) is 5.52. The molecule has 5 atom stereocenters. The molecule has 0 aromatic carbocycles. The fraction of sp³-hybridized carbons (Fsp3) is 0.929. The molecule has 2 fully saturated rings. The Labute approximate surface area is 110 Å². The maximum atomic E-state index is 12.4. The Morgan fingerprint density at radius 3 is 2.67 bits per heavy atom. The molecule has 1 amide bonds. The van der Waals surface area contributed by atoms with Gasteiger partial charge in [-0.2, -0.15) is 0 Å². The van der Waals surface area contributed by atoms with E-state index < -0.39 is 0 Å². The molecule has 1 saturated heterocycles. The highest BCUT2D eigenvalue weighted by atomic mass is 16.3. The molecule has 3 N–H and O–H groups in total. The number of nitrogens with two attached hydrogens (primary N) is 1. The number of rotatable bonds is 2. The van der Waals surface area contributed by atoms with Gasteiger partial charge in [0.1, 0.15) is 0 Å². The van der Waals surface area contributed by atoms with Crippen molar-refractivity contribution < 1.29 is 9.90 Å². The Morgan fingerprint density at radius 1 is 1.39 bits per heavy atom. The first-order valence-electron chi connectivity index (χ1n) is 7.19. The molecule has 104 valence electrons. The van der Waals surface area contributed by atoms with E-state index in [4.69, 9.17) is 5.73 Å². The normalized spacial score (nSPS) is 38.8.